The van der Waals surface area contributed by atoms with Crippen molar-refractivity contribution in [3.8, 4) is 0 Å². The van der Waals surface area contributed by atoms with E-state index >= 15 is 0 Å². The van der Waals surface area contributed by atoms with Crippen LogP contribution in [-0.2, 0) is 6.42 Å². The Morgan fingerprint density at radius 2 is 1.83 bits per heavy atom. The molecule has 1 aromatic rings. The molecule has 0 saturated carbocycles. The van der Waals surface area contributed by atoms with Crippen LogP contribution in [0.3, 0.4) is 0 Å². The quantitative estimate of drug-likeness (QED) is 0.858. The van der Waals surface area contributed by atoms with Gasteiger partial charge in [-0.3, -0.25) is 9.80 Å². The molecule has 98 valence electrons. The first-order chi connectivity index (χ1) is 8.83. The van der Waals surface area contributed by atoms with Crippen LogP contribution in [0.15, 0.2) is 30.3 Å². The van der Waals surface area contributed by atoms with Crippen molar-refractivity contribution in [3.05, 3.63) is 35.9 Å². The van der Waals surface area contributed by atoms with Gasteiger partial charge < -0.3 is 5.11 Å². The topological polar surface area (TPSA) is 26.7 Å². The van der Waals surface area contributed by atoms with E-state index in [4.69, 9.17) is 0 Å². The van der Waals surface area contributed by atoms with E-state index in [2.05, 4.69) is 34.1 Å². The molecule has 3 heterocycles. The molecule has 18 heavy (non-hydrogen) atoms. The highest BCUT2D eigenvalue weighted by Gasteiger charge is 2.35. The predicted molar refractivity (Wildman–Crippen MR) is 72.6 cm³/mol. The zero-order valence-electron chi connectivity index (χ0n) is 10.8. The van der Waals surface area contributed by atoms with Crippen molar-refractivity contribution in [1.82, 2.24) is 9.80 Å². The molecule has 1 aromatic carbocycles. The summed E-state index contributed by atoms with van der Waals surface area (Å²) in [6.07, 6.45) is 1.67. The Morgan fingerprint density at radius 3 is 2.44 bits per heavy atom. The van der Waals surface area contributed by atoms with Crippen molar-refractivity contribution < 1.29 is 5.11 Å². The van der Waals surface area contributed by atoms with Gasteiger partial charge in [-0.05, 0) is 18.4 Å². The lowest BCUT2D eigenvalue weighted by molar-refractivity contribution is -0.0478. The Morgan fingerprint density at radius 1 is 1.11 bits per heavy atom. The lowest BCUT2D eigenvalue weighted by atomic mass is 9.97. The van der Waals surface area contributed by atoms with Crippen LogP contribution in [0.4, 0.5) is 0 Å². The summed E-state index contributed by atoms with van der Waals surface area (Å²) < 4.78 is 0. The van der Waals surface area contributed by atoms with E-state index < -0.39 is 0 Å². The molecule has 2 bridgehead atoms. The van der Waals surface area contributed by atoms with E-state index in [9.17, 15) is 5.11 Å². The first kappa shape index (κ1) is 12.2. The molecule has 3 aliphatic rings. The number of nitrogens with zero attached hydrogens (tertiary/aromatic N) is 2. The van der Waals surface area contributed by atoms with Gasteiger partial charge in [0.15, 0.2) is 0 Å². The van der Waals surface area contributed by atoms with E-state index in [0.29, 0.717) is 6.04 Å². The number of rotatable bonds is 4. The molecule has 0 amide bonds. The summed E-state index contributed by atoms with van der Waals surface area (Å²) in [5, 5.41) is 10.4. The smallest absolute Gasteiger partial charge is 0.0711 e. The van der Waals surface area contributed by atoms with Gasteiger partial charge >= 0.3 is 0 Å². The Balaban J connectivity index is 1.54. The minimum atomic E-state index is -0.187. The molecule has 1 N–H and O–H groups in total. The summed E-state index contributed by atoms with van der Waals surface area (Å²) in [5.74, 6) is 0. The number of fused-ring (bicyclic) bond motifs is 3. The Bertz CT molecular complexity index is 373. The number of hydrogen-bond acceptors (Lipinski definition) is 3. The summed E-state index contributed by atoms with van der Waals surface area (Å²) in [5.41, 5.74) is 1.33. The maximum absolute atomic E-state index is 10.4. The molecule has 0 spiro atoms. The third-order valence-corrected chi connectivity index (χ3v) is 4.34. The molecule has 0 aliphatic carbocycles. The van der Waals surface area contributed by atoms with E-state index in [1.807, 2.05) is 6.07 Å². The van der Waals surface area contributed by atoms with Gasteiger partial charge in [0.05, 0.1) is 6.10 Å². The molecule has 3 fully saturated rings. The molecule has 3 heteroatoms. The predicted octanol–water partition coefficient (Wildman–Crippen LogP) is 0.980. The zero-order chi connectivity index (χ0) is 12.4. The van der Waals surface area contributed by atoms with E-state index in [1.54, 1.807) is 0 Å². The number of aliphatic hydroxyl groups is 1. The number of piperazine rings is 3. The minimum Gasteiger partial charge on any atom is -0.391 e. The normalized spacial score (nSPS) is 32.4. The largest absolute Gasteiger partial charge is 0.391 e. The molecule has 0 radical (unpaired) electrons. The summed E-state index contributed by atoms with van der Waals surface area (Å²) >= 11 is 0. The maximum atomic E-state index is 10.4. The van der Waals surface area contributed by atoms with Crippen LogP contribution >= 0.6 is 0 Å². The second kappa shape index (κ2) is 5.39. The molecule has 2 atom stereocenters. The Labute approximate surface area is 109 Å². The second-order valence-electron chi connectivity index (χ2n) is 5.50. The van der Waals surface area contributed by atoms with Crippen molar-refractivity contribution in [3.63, 3.8) is 0 Å². The lowest BCUT2D eigenvalue weighted by Crippen LogP contribution is -2.64. The van der Waals surface area contributed by atoms with Gasteiger partial charge in [0.25, 0.3) is 0 Å². The van der Waals surface area contributed by atoms with Gasteiger partial charge in [-0.25, -0.2) is 0 Å². The van der Waals surface area contributed by atoms with Crippen LogP contribution in [0, 0.1) is 0 Å². The van der Waals surface area contributed by atoms with Crippen molar-refractivity contribution in [1.29, 1.82) is 0 Å². The van der Waals surface area contributed by atoms with Gasteiger partial charge in [-0.2, -0.15) is 0 Å². The monoisotopic (exact) mass is 246 g/mol. The van der Waals surface area contributed by atoms with Crippen molar-refractivity contribution in [2.24, 2.45) is 0 Å². The van der Waals surface area contributed by atoms with Crippen molar-refractivity contribution >= 4 is 0 Å². The van der Waals surface area contributed by atoms with E-state index in [1.165, 1.54) is 18.7 Å². The van der Waals surface area contributed by atoms with E-state index in [0.717, 1.165) is 32.5 Å². The number of hydrogen-bond donors (Lipinski definition) is 1. The van der Waals surface area contributed by atoms with Gasteiger partial charge in [-0.1, -0.05) is 30.3 Å². The SMILES string of the molecule is OC(CCc1ccccc1)C1CN2CCN1CC2. The molecule has 3 nitrogen and oxygen atoms in total. The van der Waals surface area contributed by atoms with Crippen LogP contribution in [-0.4, -0.2) is 59.8 Å². The molecule has 0 aromatic heterocycles. The third-order valence-electron chi connectivity index (χ3n) is 4.34. The van der Waals surface area contributed by atoms with Gasteiger partial charge in [-0.15, -0.1) is 0 Å². The highest BCUT2D eigenvalue weighted by atomic mass is 16.3. The fourth-order valence-corrected chi connectivity index (χ4v) is 3.17. The molecule has 3 aliphatic heterocycles. The van der Waals surface area contributed by atoms with Gasteiger partial charge in [0.2, 0.25) is 0 Å². The lowest BCUT2D eigenvalue weighted by Gasteiger charge is -2.49. The maximum Gasteiger partial charge on any atom is 0.0711 e. The van der Waals surface area contributed by atoms with Crippen LogP contribution in [0.2, 0.25) is 0 Å². The third kappa shape index (κ3) is 2.58. The standard InChI is InChI=1S/C15H22N2O/c18-15(7-6-13-4-2-1-3-5-13)14-12-16-8-10-17(14)11-9-16/h1-5,14-15,18H,6-12H2. The van der Waals surface area contributed by atoms with E-state index in [-0.39, 0.29) is 6.10 Å². The molecular weight excluding hydrogens is 224 g/mol. The van der Waals surface area contributed by atoms with Crippen molar-refractivity contribution in [2.75, 3.05) is 32.7 Å². The number of aryl methyl sites for hydroxylation is 1. The average molecular weight is 246 g/mol. The minimum absolute atomic E-state index is 0.187. The van der Waals surface area contributed by atoms with Crippen LogP contribution in [0.5, 0.6) is 0 Å². The summed E-state index contributed by atoms with van der Waals surface area (Å²) in [4.78, 5) is 4.95. The Hall–Kier alpha value is -0.900. The summed E-state index contributed by atoms with van der Waals surface area (Å²) in [6.45, 7) is 5.68. The Kier molecular flexibility index (Phi) is 3.64. The molecule has 4 rings (SSSR count). The molecule has 3 saturated heterocycles. The summed E-state index contributed by atoms with van der Waals surface area (Å²) in [7, 11) is 0. The first-order valence-electron chi connectivity index (χ1n) is 7.01. The van der Waals surface area contributed by atoms with Gasteiger partial charge in [0, 0.05) is 38.8 Å². The molecule has 2 unspecified atom stereocenters. The first-order valence-corrected chi connectivity index (χ1v) is 7.01. The summed E-state index contributed by atoms with van der Waals surface area (Å²) in [6, 6.07) is 10.8. The highest BCUT2D eigenvalue weighted by molar-refractivity contribution is 5.14. The fraction of sp³-hybridized carbons (Fsp3) is 0.600. The molecular formula is C15H22N2O. The van der Waals surface area contributed by atoms with Crippen LogP contribution in [0.25, 0.3) is 0 Å². The second-order valence-corrected chi connectivity index (χ2v) is 5.50. The van der Waals surface area contributed by atoms with Gasteiger partial charge in [0.1, 0.15) is 0 Å². The number of aliphatic hydroxyl groups excluding tert-OH is 1. The van der Waals surface area contributed by atoms with Crippen LogP contribution < -0.4 is 0 Å². The van der Waals surface area contributed by atoms with Crippen LogP contribution in [0.1, 0.15) is 12.0 Å². The fourth-order valence-electron chi connectivity index (χ4n) is 3.17. The number of benzene rings is 1. The average Bonchev–Trinajstić information content (AvgIpc) is 2.47. The zero-order valence-corrected chi connectivity index (χ0v) is 10.8. The highest BCUT2D eigenvalue weighted by Crippen LogP contribution is 2.20. The van der Waals surface area contributed by atoms with Crippen molar-refractivity contribution in [2.45, 2.75) is 25.0 Å².